The number of halogens is 1. The third-order valence-electron chi connectivity index (χ3n) is 2.68. The minimum atomic E-state index is -0.152. The molecule has 1 aromatic rings. The first-order valence-corrected chi connectivity index (χ1v) is 5.81. The van der Waals surface area contributed by atoms with Gasteiger partial charge in [-0.15, -0.1) is 0 Å². The molecule has 0 fully saturated rings. The van der Waals surface area contributed by atoms with Crippen LogP contribution in [0.4, 0.5) is 0 Å². The van der Waals surface area contributed by atoms with Crippen molar-refractivity contribution in [3.63, 3.8) is 0 Å². The highest BCUT2D eigenvalue weighted by atomic mass is 35.5. The number of rotatable bonds is 4. The van der Waals surface area contributed by atoms with E-state index in [0.717, 1.165) is 5.56 Å². The smallest absolute Gasteiger partial charge is 0.239 e. The SMILES string of the molecule is C[C@@H](C(=O)N(C)C)N(C)Cc1ccc(Cl)nc1. The van der Waals surface area contributed by atoms with Gasteiger partial charge in [-0.3, -0.25) is 9.69 Å². The Morgan fingerprint density at radius 3 is 2.53 bits per heavy atom. The molecule has 0 aromatic carbocycles. The number of carbonyl (C=O) groups is 1. The van der Waals surface area contributed by atoms with Gasteiger partial charge in [0.05, 0.1) is 6.04 Å². The molecule has 17 heavy (non-hydrogen) atoms. The molecule has 5 heteroatoms. The van der Waals surface area contributed by atoms with Crippen molar-refractivity contribution in [3.05, 3.63) is 29.0 Å². The van der Waals surface area contributed by atoms with Crippen molar-refractivity contribution in [2.75, 3.05) is 21.1 Å². The van der Waals surface area contributed by atoms with Crippen LogP contribution >= 0.6 is 11.6 Å². The average molecular weight is 256 g/mol. The van der Waals surface area contributed by atoms with Gasteiger partial charge >= 0.3 is 0 Å². The zero-order valence-electron chi connectivity index (χ0n) is 10.6. The zero-order valence-corrected chi connectivity index (χ0v) is 11.4. The van der Waals surface area contributed by atoms with E-state index in [1.807, 2.05) is 24.9 Å². The first-order valence-electron chi connectivity index (χ1n) is 5.43. The van der Waals surface area contributed by atoms with Gasteiger partial charge in [0.1, 0.15) is 5.15 Å². The van der Waals surface area contributed by atoms with Crippen LogP contribution in [0.1, 0.15) is 12.5 Å². The molecule has 1 atom stereocenters. The van der Waals surface area contributed by atoms with Gasteiger partial charge in [-0.25, -0.2) is 4.98 Å². The number of likely N-dealkylation sites (N-methyl/N-ethyl adjacent to an activating group) is 2. The molecule has 1 rings (SSSR count). The van der Waals surface area contributed by atoms with Crippen molar-refractivity contribution >= 4 is 17.5 Å². The summed E-state index contributed by atoms with van der Waals surface area (Å²) in [5, 5.41) is 0.480. The zero-order chi connectivity index (χ0) is 13.0. The molecule has 0 bridgehead atoms. The van der Waals surface area contributed by atoms with Crippen LogP contribution in [-0.4, -0.2) is 47.9 Å². The van der Waals surface area contributed by atoms with Crippen LogP contribution in [0.3, 0.4) is 0 Å². The summed E-state index contributed by atoms with van der Waals surface area (Å²) in [6.07, 6.45) is 1.73. The minimum Gasteiger partial charge on any atom is -0.347 e. The van der Waals surface area contributed by atoms with Crippen molar-refractivity contribution in [1.82, 2.24) is 14.8 Å². The van der Waals surface area contributed by atoms with Crippen molar-refractivity contribution in [2.24, 2.45) is 0 Å². The van der Waals surface area contributed by atoms with Crippen LogP contribution in [-0.2, 0) is 11.3 Å². The molecule has 4 nitrogen and oxygen atoms in total. The van der Waals surface area contributed by atoms with Crippen LogP contribution in [0.5, 0.6) is 0 Å². The fourth-order valence-electron chi connectivity index (χ4n) is 1.49. The third kappa shape index (κ3) is 3.98. The third-order valence-corrected chi connectivity index (χ3v) is 2.90. The molecule has 0 saturated carbocycles. The standard InChI is InChI=1S/C12H18ClN3O/c1-9(12(17)15(2)3)16(4)8-10-5-6-11(13)14-7-10/h5-7,9H,8H2,1-4H3/t9-/m0/s1. The molecule has 0 N–H and O–H groups in total. The van der Waals surface area contributed by atoms with Crippen LogP contribution in [0, 0.1) is 0 Å². The normalized spacial score (nSPS) is 12.6. The number of carbonyl (C=O) groups excluding carboxylic acids is 1. The molecular formula is C12H18ClN3O. The van der Waals surface area contributed by atoms with E-state index in [4.69, 9.17) is 11.6 Å². The van der Waals surface area contributed by atoms with Gasteiger partial charge in [0.15, 0.2) is 0 Å². The maximum Gasteiger partial charge on any atom is 0.239 e. The predicted octanol–water partition coefficient (Wildman–Crippen LogP) is 1.64. The summed E-state index contributed by atoms with van der Waals surface area (Å²) in [5.41, 5.74) is 1.04. The average Bonchev–Trinajstić information content (AvgIpc) is 2.30. The Morgan fingerprint density at radius 2 is 2.06 bits per heavy atom. The summed E-state index contributed by atoms with van der Waals surface area (Å²) < 4.78 is 0. The predicted molar refractivity (Wildman–Crippen MR) is 68.9 cm³/mol. The van der Waals surface area contributed by atoms with E-state index in [1.165, 1.54) is 0 Å². The number of hydrogen-bond acceptors (Lipinski definition) is 3. The second-order valence-electron chi connectivity index (χ2n) is 4.31. The Hall–Kier alpha value is -1.13. The van der Waals surface area contributed by atoms with Gasteiger partial charge in [-0.1, -0.05) is 17.7 Å². The number of pyridine rings is 1. The van der Waals surface area contributed by atoms with Crippen molar-refractivity contribution in [2.45, 2.75) is 19.5 Å². The Morgan fingerprint density at radius 1 is 1.41 bits per heavy atom. The Bertz CT molecular complexity index is 378. The second kappa shape index (κ2) is 5.98. The molecular weight excluding hydrogens is 238 g/mol. The van der Waals surface area contributed by atoms with Crippen LogP contribution < -0.4 is 0 Å². The molecule has 0 unspecified atom stereocenters. The summed E-state index contributed by atoms with van der Waals surface area (Å²) >= 11 is 5.72. The lowest BCUT2D eigenvalue weighted by Gasteiger charge is -2.26. The van der Waals surface area contributed by atoms with E-state index in [0.29, 0.717) is 11.7 Å². The first kappa shape index (κ1) is 13.9. The fourth-order valence-corrected chi connectivity index (χ4v) is 1.60. The molecule has 0 aliphatic heterocycles. The molecule has 0 spiro atoms. The van der Waals surface area contributed by atoms with Crippen LogP contribution in [0.2, 0.25) is 5.15 Å². The monoisotopic (exact) mass is 255 g/mol. The lowest BCUT2D eigenvalue weighted by molar-refractivity contribution is -0.133. The molecule has 0 radical (unpaired) electrons. The van der Waals surface area contributed by atoms with Gasteiger partial charge in [0.2, 0.25) is 5.91 Å². The van der Waals surface area contributed by atoms with Gasteiger partial charge in [0.25, 0.3) is 0 Å². The number of amides is 1. The minimum absolute atomic E-state index is 0.0921. The highest BCUT2D eigenvalue weighted by Crippen LogP contribution is 2.09. The molecule has 0 saturated heterocycles. The maximum absolute atomic E-state index is 11.8. The first-order chi connectivity index (χ1) is 7.91. The lowest BCUT2D eigenvalue weighted by atomic mass is 10.2. The second-order valence-corrected chi connectivity index (χ2v) is 4.70. The molecule has 94 valence electrons. The highest BCUT2D eigenvalue weighted by molar-refractivity contribution is 6.29. The van der Waals surface area contributed by atoms with E-state index in [1.54, 1.807) is 31.3 Å². The van der Waals surface area contributed by atoms with Crippen LogP contribution in [0.15, 0.2) is 18.3 Å². The van der Waals surface area contributed by atoms with Crippen molar-refractivity contribution in [1.29, 1.82) is 0 Å². The quantitative estimate of drug-likeness (QED) is 0.768. The summed E-state index contributed by atoms with van der Waals surface area (Å²) in [6, 6.07) is 3.52. The summed E-state index contributed by atoms with van der Waals surface area (Å²) in [7, 11) is 5.44. The molecule has 1 heterocycles. The maximum atomic E-state index is 11.8. The van der Waals surface area contributed by atoms with Crippen molar-refractivity contribution < 1.29 is 4.79 Å². The number of nitrogens with zero attached hydrogens (tertiary/aromatic N) is 3. The Balaban J connectivity index is 2.62. The van der Waals surface area contributed by atoms with Gasteiger partial charge in [-0.05, 0) is 25.6 Å². The van der Waals surface area contributed by atoms with E-state index in [9.17, 15) is 4.79 Å². The van der Waals surface area contributed by atoms with Gasteiger partial charge < -0.3 is 4.90 Å². The van der Waals surface area contributed by atoms with E-state index in [2.05, 4.69) is 4.98 Å². The summed E-state index contributed by atoms with van der Waals surface area (Å²) in [4.78, 5) is 19.4. The highest BCUT2D eigenvalue weighted by Gasteiger charge is 2.19. The van der Waals surface area contributed by atoms with E-state index in [-0.39, 0.29) is 11.9 Å². The van der Waals surface area contributed by atoms with Gasteiger partial charge in [-0.2, -0.15) is 0 Å². The lowest BCUT2D eigenvalue weighted by Crippen LogP contribution is -2.42. The van der Waals surface area contributed by atoms with E-state index >= 15 is 0 Å². The summed E-state index contributed by atoms with van der Waals surface area (Å²) in [6.45, 7) is 2.57. The van der Waals surface area contributed by atoms with E-state index < -0.39 is 0 Å². The number of aromatic nitrogens is 1. The Kier molecular flexibility index (Phi) is 4.90. The largest absolute Gasteiger partial charge is 0.347 e. The number of hydrogen-bond donors (Lipinski definition) is 0. The fraction of sp³-hybridized carbons (Fsp3) is 0.500. The molecule has 0 aliphatic carbocycles. The van der Waals surface area contributed by atoms with Gasteiger partial charge in [0, 0.05) is 26.8 Å². The molecule has 1 amide bonds. The Labute approximate surface area is 107 Å². The van der Waals surface area contributed by atoms with Crippen molar-refractivity contribution in [3.8, 4) is 0 Å². The topological polar surface area (TPSA) is 36.4 Å². The molecule has 0 aliphatic rings. The summed E-state index contributed by atoms with van der Waals surface area (Å²) in [5.74, 6) is 0.0921. The molecule has 1 aromatic heterocycles. The van der Waals surface area contributed by atoms with Crippen LogP contribution in [0.25, 0.3) is 0 Å².